The van der Waals surface area contributed by atoms with Gasteiger partial charge in [-0.1, -0.05) is 18.2 Å². The van der Waals surface area contributed by atoms with E-state index in [0.29, 0.717) is 34.3 Å². The van der Waals surface area contributed by atoms with Crippen LogP contribution in [0.1, 0.15) is 30.4 Å². The van der Waals surface area contributed by atoms with Crippen LogP contribution in [0.5, 0.6) is 17.2 Å². The number of methoxy groups -OCH3 is 2. The molecule has 0 spiro atoms. The zero-order chi connectivity index (χ0) is 22.9. The Morgan fingerprint density at radius 1 is 1.19 bits per heavy atom. The molecule has 0 aliphatic carbocycles. The van der Waals surface area contributed by atoms with Gasteiger partial charge in [-0.25, -0.2) is 0 Å². The molecule has 1 saturated heterocycles. The summed E-state index contributed by atoms with van der Waals surface area (Å²) in [6.45, 7) is 2.48. The first-order valence-electron chi connectivity index (χ1n) is 10.2. The van der Waals surface area contributed by atoms with Crippen molar-refractivity contribution >= 4 is 17.7 Å². The molecule has 0 aromatic heterocycles. The van der Waals surface area contributed by atoms with Crippen LogP contribution in [0.15, 0.2) is 53.1 Å². The number of thioether (sulfide) groups is 1. The third-order valence-electron chi connectivity index (χ3n) is 5.75. The summed E-state index contributed by atoms with van der Waals surface area (Å²) in [5.41, 5.74) is 0.272. The Hall–Kier alpha value is -3.15. The molecule has 0 bridgehead atoms. The predicted molar refractivity (Wildman–Crippen MR) is 120 cm³/mol. The molecule has 1 amide bonds. The summed E-state index contributed by atoms with van der Waals surface area (Å²) in [5.74, 6) is 1.33. The number of aliphatic hydroxyl groups is 1. The summed E-state index contributed by atoms with van der Waals surface area (Å²) in [5, 5.41) is 22.1. The number of carbonyl (C=O) groups is 1. The van der Waals surface area contributed by atoms with E-state index in [1.165, 1.54) is 30.9 Å². The van der Waals surface area contributed by atoms with Crippen LogP contribution in [0.2, 0.25) is 0 Å². The molecule has 0 unspecified atom stereocenters. The molecule has 2 heterocycles. The molecule has 166 valence electrons. The summed E-state index contributed by atoms with van der Waals surface area (Å²) in [6.07, 6.45) is 0.0938. The van der Waals surface area contributed by atoms with E-state index in [1.807, 2.05) is 31.2 Å². The van der Waals surface area contributed by atoms with Gasteiger partial charge in [-0.2, -0.15) is 5.26 Å². The number of nitriles is 1. The van der Waals surface area contributed by atoms with Crippen LogP contribution in [0, 0.1) is 11.3 Å². The van der Waals surface area contributed by atoms with Crippen molar-refractivity contribution in [2.45, 2.75) is 25.0 Å². The van der Waals surface area contributed by atoms with Gasteiger partial charge in [0.25, 0.3) is 0 Å². The summed E-state index contributed by atoms with van der Waals surface area (Å²) >= 11 is 1.31. The standard InChI is InChI=1S/C24H24N2O5S/c1-4-31-17-8-5-15(6-9-17)18-12-22(27)26-23(19(18)13-25)32-14-24(26,28)16-7-10-20(29-2)21(11-16)30-3/h5-11,18,28H,4,12,14H2,1-3H3/t18-,24-/m0/s1. The van der Waals surface area contributed by atoms with E-state index in [0.717, 1.165) is 11.3 Å². The van der Waals surface area contributed by atoms with Crippen LogP contribution in [0.3, 0.4) is 0 Å². The Morgan fingerprint density at radius 2 is 1.91 bits per heavy atom. The fraction of sp³-hybridized carbons (Fsp3) is 0.333. The molecule has 4 rings (SSSR count). The van der Waals surface area contributed by atoms with Crippen LogP contribution in [-0.2, 0) is 10.5 Å². The maximum absolute atomic E-state index is 13.3. The van der Waals surface area contributed by atoms with E-state index < -0.39 is 5.72 Å². The fourth-order valence-electron chi connectivity index (χ4n) is 4.17. The Labute approximate surface area is 191 Å². The summed E-state index contributed by atoms with van der Waals surface area (Å²) in [6, 6.07) is 14.8. The van der Waals surface area contributed by atoms with Crippen molar-refractivity contribution in [3.63, 3.8) is 0 Å². The average Bonchev–Trinajstić information content (AvgIpc) is 3.18. The van der Waals surface area contributed by atoms with Crippen molar-refractivity contribution in [1.29, 1.82) is 5.26 Å². The maximum Gasteiger partial charge on any atom is 0.231 e. The number of nitrogens with zero attached hydrogens (tertiary/aromatic N) is 2. The van der Waals surface area contributed by atoms with Crippen molar-refractivity contribution in [2.75, 3.05) is 26.6 Å². The lowest BCUT2D eigenvalue weighted by molar-refractivity contribution is -0.149. The van der Waals surface area contributed by atoms with Gasteiger partial charge in [0, 0.05) is 17.9 Å². The minimum atomic E-state index is -1.58. The zero-order valence-electron chi connectivity index (χ0n) is 18.1. The second kappa shape index (κ2) is 8.77. The molecule has 1 fully saturated rings. The minimum Gasteiger partial charge on any atom is -0.494 e. The van der Waals surface area contributed by atoms with E-state index in [-0.39, 0.29) is 24.0 Å². The highest BCUT2D eigenvalue weighted by Crippen LogP contribution is 2.52. The first-order valence-corrected chi connectivity index (χ1v) is 11.2. The lowest BCUT2D eigenvalue weighted by Gasteiger charge is -2.38. The predicted octanol–water partition coefficient (Wildman–Crippen LogP) is 3.75. The number of carbonyl (C=O) groups excluding carboxylic acids is 1. The van der Waals surface area contributed by atoms with Gasteiger partial charge in [-0.15, -0.1) is 11.8 Å². The van der Waals surface area contributed by atoms with E-state index in [9.17, 15) is 15.2 Å². The first-order chi connectivity index (χ1) is 15.5. The lowest BCUT2D eigenvalue weighted by atomic mass is 9.85. The van der Waals surface area contributed by atoms with Crippen molar-refractivity contribution in [1.82, 2.24) is 4.90 Å². The molecule has 2 aromatic carbocycles. The quantitative estimate of drug-likeness (QED) is 0.714. The van der Waals surface area contributed by atoms with Crippen LogP contribution < -0.4 is 14.2 Å². The topological polar surface area (TPSA) is 92.0 Å². The molecular weight excluding hydrogens is 428 g/mol. The van der Waals surface area contributed by atoms with Gasteiger partial charge in [0.2, 0.25) is 5.91 Å². The number of fused-ring (bicyclic) bond motifs is 1. The number of rotatable bonds is 6. The van der Waals surface area contributed by atoms with Crippen molar-refractivity contribution in [3.05, 3.63) is 64.2 Å². The number of benzene rings is 2. The molecule has 8 heteroatoms. The Balaban J connectivity index is 1.74. The van der Waals surface area contributed by atoms with Crippen LogP contribution >= 0.6 is 11.8 Å². The fourth-order valence-corrected chi connectivity index (χ4v) is 5.53. The molecule has 2 aliphatic heterocycles. The van der Waals surface area contributed by atoms with Gasteiger partial charge >= 0.3 is 0 Å². The molecule has 2 aliphatic rings. The number of amides is 1. The SMILES string of the molecule is CCOc1ccc([C@@H]2CC(=O)N3C(=C2C#N)SC[C@]3(O)c2ccc(OC)c(OC)c2)cc1. The van der Waals surface area contributed by atoms with E-state index >= 15 is 0 Å². The van der Waals surface area contributed by atoms with Crippen LogP contribution in [-0.4, -0.2) is 42.5 Å². The van der Waals surface area contributed by atoms with E-state index in [2.05, 4.69) is 6.07 Å². The van der Waals surface area contributed by atoms with E-state index in [1.54, 1.807) is 18.2 Å². The highest BCUT2D eigenvalue weighted by molar-refractivity contribution is 8.03. The van der Waals surface area contributed by atoms with Crippen molar-refractivity contribution < 1.29 is 24.1 Å². The van der Waals surface area contributed by atoms with Crippen molar-refractivity contribution in [2.24, 2.45) is 0 Å². The monoisotopic (exact) mass is 452 g/mol. The van der Waals surface area contributed by atoms with Crippen LogP contribution in [0.4, 0.5) is 0 Å². The maximum atomic E-state index is 13.3. The van der Waals surface area contributed by atoms with E-state index in [4.69, 9.17) is 14.2 Å². The average molecular weight is 453 g/mol. The molecular formula is C24H24N2O5S. The van der Waals surface area contributed by atoms with Gasteiger partial charge in [-0.05, 0) is 36.8 Å². The smallest absolute Gasteiger partial charge is 0.231 e. The number of allylic oxidation sites excluding steroid dienone is 1. The number of hydrogen-bond acceptors (Lipinski definition) is 7. The number of ether oxygens (including phenoxy) is 3. The summed E-state index contributed by atoms with van der Waals surface area (Å²) in [7, 11) is 3.05. The zero-order valence-corrected chi connectivity index (χ0v) is 18.9. The Bertz CT molecular complexity index is 1110. The molecule has 1 N–H and O–H groups in total. The minimum absolute atomic E-state index is 0.0938. The van der Waals surface area contributed by atoms with Crippen LogP contribution in [0.25, 0.3) is 0 Å². The molecule has 32 heavy (non-hydrogen) atoms. The molecule has 2 aromatic rings. The van der Waals surface area contributed by atoms with Crippen molar-refractivity contribution in [3.8, 4) is 23.3 Å². The molecule has 7 nitrogen and oxygen atoms in total. The second-order valence-corrected chi connectivity index (χ2v) is 8.46. The van der Waals surface area contributed by atoms with Gasteiger partial charge in [0.15, 0.2) is 17.2 Å². The third-order valence-corrected chi connectivity index (χ3v) is 6.97. The Morgan fingerprint density at radius 3 is 2.53 bits per heavy atom. The largest absolute Gasteiger partial charge is 0.494 e. The summed E-state index contributed by atoms with van der Waals surface area (Å²) < 4.78 is 16.1. The second-order valence-electron chi connectivity index (χ2n) is 7.49. The third kappa shape index (κ3) is 3.57. The van der Waals surface area contributed by atoms with Gasteiger partial charge < -0.3 is 19.3 Å². The highest BCUT2D eigenvalue weighted by atomic mass is 32.2. The highest BCUT2D eigenvalue weighted by Gasteiger charge is 2.52. The van der Waals surface area contributed by atoms with Gasteiger partial charge in [-0.3, -0.25) is 9.69 Å². The Kier molecular flexibility index (Phi) is 6.04. The van der Waals surface area contributed by atoms with Gasteiger partial charge in [0.05, 0.1) is 43.3 Å². The summed E-state index contributed by atoms with van der Waals surface area (Å²) in [4.78, 5) is 14.6. The normalized spacial score (nSPS) is 22.4. The molecule has 0 radical (unpaired) electrons. The first kappa shape index (κ1) is 22.1. The lowest BCUT2D eigenvalue weighted by Crippen LogP contribution is -2.48. The molecule has 2 atom stereocenters. The van der Waals surface area contributed by atoms with Gasteiger partial charge in [0.1, 0.15) is 5.75 Å². The molecule has 0 saturated carbocycles. The number of hydrogen-bond donors (Lipinski definition) is 1.